The Bertz CT molecular complexity index is 781. The Morgan fingerprint density at radius 1 is 1.05 bits per heavy atom. The summed E-state index contributed by atoms with van der Waals surface area (Å²) in [5, 5.41) is 0.979. The molecule has 106 valence electrons. The van der Waals surface area contributed by atoms with E-state index in [2.05, 4.69) is 4.98 Å². The third-order valence-electron chi connectivity index (χ3n) is 3.54. The predicted molar refractivity (Wildman–Crippen MR) is 78.7 cm³/mol. The van der Waals surface area contributed by atoms with Crippen molar-refractivity contribution in [1.82, 2.24) is 4.98 Å². The Balaban J connectivity index is 1.96. The first-order valence-corrected chi connectivity index (χ1v) is 6.68. The predicted octanol–water partition coefficient (Wildman–Crippen LogP) is 3.76. The van der Waals surface area contributed by atoms with Crippen molar-refractivity contribution < 1.29 is 8.78 Å². The SMILES string of the molecule is NC(Cc1ccnc2ccccc12)c1cc(F)ccc1F. The van der Waals surface area contributed by atoms with Gasteiger partial charge in [0.05, 0.1) is 5.52 Å². The average molecular weight is 284 g/mol. The van der Waals surface area contributed by atoms with Crippen molar-refractivity contribution in [2.24, 2.45) is 5.73 Å². The Labute approximate surface area is 121 Å². The van der Waals surface area contributed by atoms with E-state index in [0.29, 0.717) is 6.42 Å². The lowest BCUT2D eigenvalue weighted by atomic mass is 9.97. The van der Waals surface area contributed by atoms with Gasteiger partial charge < -0.3 is 5.73 Å². The molecule has 1 unspecified atom stereocenters. The van der Waals surface area contributed by atoms with Crippen molar-refractivity contribution in [2.45, 2.75) is 12.5 Å². The summed E-state index contributed by atoms with van der Waals surface area (Å²) in [6.07, 6.45) is 2.12. The fraction of sp³-hybridized carbons (Fsp3) is 0.118. The number of pyridine rings is 1. The van der Waals surface area contributed by atoms with Crippen molar-refractivity contribution in [3.8, 4) is 0 Å². The van der Waals surface area contributed by atoms with Crippen LogP contribution in [0.1, 0.15) is 17.2 Å². The smallest absolute Gasteiger partial charge is 0.128 e. The van der Waals surface area contributed by atoms with E-state index in [-0.39, 0.29) is 5.56 Å². The zero-order valence-electron chi connectivity index (χ0n) is 11.3. The maximum absolute atomic E-state index is 13.8. The molecule has 3 rings (SSSR count). The van der Waals surface area contributed by atoms with Gasteiger partial charge in [-0.3, -0.25) is 4.98 Å². The van der Waals surface area contributed by atoms with Gasteiger partial charge in [0.2, 0.25) is 0 Å². The lowest BCUT2D eigenvalue weighted by Gasteiger charge is -2.14. The van der Waals surface area contributed by atoms with E-state index < -0.39 is 17.7 Å². The van der Waals surface area contributed by atoms with Crippen LogP contribution in [0.2, 0.25) is 0 Å². The second-order valence-corrected chi connectivity index (χ2v) is 4.96. The number of fused-ring (bicyclic) bond motifs is 1. The Kier molecular flexibility index (Phi) is 3.62. The molecule has 0 aliphatic rings. The molecule has 0 saturated heterocycles. The van der Waals surface area contributed by atoms with Crippen LogP contribution in [-0.2, 0) is 6.42 Å². The maximum atomic E-state index is 13.8. The highest BCUT2D eigenvalue weighted by atomic mass is 19.1. The zero-order valence-corrected chi connectivity index (χ0v) is 11.3. The first kappa shape index (κ1) is 13.6. The Hall–Kier alpha value is -2.33. The molecule has 2 aromatic carbocycles. The van der Waals surface area contributed by atoms with E-state index in [1.807, 2.05) is 30.3 Å². The van der Waals surface area contributed by atoms with Crippen molar-refractivity contribution in [3.63, 3.8) is 0 Å². The number of nitrogens with zero attached hydrogens (tertiary/aromatic N) is 1. The number of aromatic nitrogens is 1. The van der Waals surface area contributed by atoms with Gasteiger partial charge in [-0.25, -0.2) is 8.78 Å². The van der Waals surface area contributed by atoms with Gasteiger partial charge in [0.1, 0.15) is 11.6 Å². The second-order valence-electron chi connectivity index (χ2n) is 4.96. The van der Waals surface area contributed by atoms with Crippen LogP contribution in [-0.4, -0.2) is 4.98 Å². The highest BCUT2D eigenvalue weighted by Gasteiger charge is 2.14. The normalized spacial score (nSPS) is 12.5. The third-order valence-corrected chi connectivity index (χ3v) is 3.54. The summed E-state index contributed by atoms with van der Waals surface area (Å²) in [7, 11) is 0. The molecule has 0 fully saturated rings. The van der Waals surface area contributed by atoms with Crippen LogP contribution in [0.5, 0.6) is 0 Å². The van der Waals surface area contributed by atoms with Gasteiger partial charge in [-0.15, -0.1) is 0 Å². The van der Waals surface area contributed by atoms with Gasteiger partial charge in [-0.05, 0) is 42.3 Å². The van der Waals surface area contributed by atoms with Crippen LogP contribution in [0.3, 0.4) is 0 Å². The van der Waals surface area contributed by atoms with Crippen LogP contribution < -0.4 is 5.73 Å². The lowest BCUT2D eigenvalue weighted by molar-refractivity contribution is 0.561. The van der Waals surface area contributed by atoms with Gasteiger partial charge in [-0.2, -0.15) is 0 Å². The average Bonchev–Trinajstić information content (AvgIpc) is 2.50. The summed E-state index contributed by atoms with van der Waals surface area (Å²) in [5.41, 5.74) is 8.08. The molecule has 1 heterocycles. The molecule has 3 aromatic rings. The fourth-order valence-corrected chi connectivity index (χ4v) is 2.48. The number of halogens is 2. The summed E-state index contributed by atoms with van der Waals surface area (Å²) in [4.78, 5) is 4.28. The number of rotatable bonds is 3. The summed E-state index contributed by atoms with van der Waals surface area (Å²) in [6.45, 7) is 0. The first-order valence-electron chi connectivity index (χ1n) is 6.68. The summed E-state index contributed by atoms with van der Waals surface area (Å²) in [6, 6.07) is 12.3. The molecule has 2 N–H and O–H groups in total. The number of para-hydroxylation sites is 1. The highest BCUT2D eigenvalue weighted by molar-refractivity contribution is 5.81. The molecule has 1 aromatic heterocycles. The zero-order chi connectivity index (χ0) is 14.8. The van der Waals surface area contributed by atoms with E-state index in [4.69, 9.17) is 5.73 Å². The van der Waals surface area contributed by atoms with Gasteiger partial charge >= 0.3 is 0 Å². The molecule has 0 aliphatic heterocycles. The topological polar surface area (TPSA) is 38.9 Å². The van der Waals surface area contributed by atoms with Crippen molar-refractivity contribution in [3.05, 3.63) is 77.5 Å². The first-order chi connectivity index (χ1) is 10.1. The summed E-state index contributed by atoms with van der Waals surface area (Å²) >= 11 is 0. The van der Waals surface area contributed by atoms with Crippen molar-refractivity contribution in [2.75, 3.05) is 0 Å². The maximum Gasteiger partial charge on any atom is 0.128 e. The largest absolute Gasteiger partial charge is 0.324 e. The standard InChI is InChI=1S/C17H14F2N2/c18-12-5-6-15(19)14(10-12)16(20)9-11-7-8-21-17-4-2-1-3-13(11)17/h1-8,10,16H,9,20H2. The molecule has 0 saturated carbocycles. The summed E-state index contributed by atoms with van der Waals surface area (Å²) < 4.78 is 27.0. The molecule has 0 radical (unpaired) electrons. The van der Waals surface area contributed by atoms with Crippen LogP contribution in [0.25, 0.3) is 10.9 Å². The van der Waals surface area contributed by atoms with Gasteiger partial charge in [0.15, 0.2) is 0 Å². The molecule has 21 heavy (non-hydrogen) atoms. The van der Waals surface area contributed by atoms with Crippen molar-refractivity contribution in [1.29, 1.82) is 0 Å². The number of nitrogens with two attached hydrogens (primary N) is 1. The van der Waals surface area contributed by atoms with Crippen LogP contribution in [0.4, 0.5) is 8.78 Å². The fourth-order valence-electron chi connectivity index (χ4n) is 2.48. The van der Waals surface area contributed by atoms with E-state index in [1.165, 1.54) is 0 Å². The minimum atomic E-state index is -0.605. The number of hydrogen-bond acceptors (Lipinski definition) is 2. The van der Waals surface area contributed by atoms with E-state index in [9.17, 15) is 8.78 Å². The molecule has 0 spiro atoms. The van der Waals surface area contributed by atoms with Gasteiger partial charge in [0.25, 0.3) is 0 Å². The van der Waals surface area contributed by atoms with Crippen LogP contribution >= 0.6 is 0 Å². The molecule has 4 heteroatoms. The van der Waals surface area contributed by atoms with E-state index in [0.717, 1.165) is 34.7 Å². The minimum absolute atomic E-state index is 0.191. The molecular formula is C17H14F2N2. The summed E-state index contributed by atoms with van der Waals surface area (Å²) in [5.74, 6) is -0.969. The minimum Gasteiger partial charge on any atom is -0.324 e. The molecule has 0 amide bonds. The lowest BCUT2D eigenvalue weighted by Crippen LogP contribution is -2.15. The van der Waals surface area contributed by atoms with Crippen LogP contribution in [0.15, 0.2) is 54.7 Å². The molecule has 0 aliphatic carbocycles. The van der Waals surface area contributed by atoms with Crippen molar-refractivity contribution >= 4 is 10.9 Å². The quantitative estimate of drug-likeness (QED) is 0.795. The Morgan fingerprint density at radius 2 is 1.86 bits per heavy atom. The molecule has 2 nitrogen and oxygen atoms in total. The van der Waals surface area contributed by atoms with E-state index in [1.54, 1.807) is 6.20 Å². The Morgan fingerprint density at radius 3 is 2.71 bits per heavy atom. The molecule has 0 bridgehead atoms. The van der Waals surface area contributed by atoms with Gasteiger partial charge in [-0.1, -0.05) is 18.2 Å². The number of hydrogen-bond donors (Lipinski definition) is 1. The van der Waals surface area contributed by atoms with Crippen LogP contribution in [0, 0.1) is 11.6 Å². The molecular weight excluding hydrogens is 270 g/mol. The molecule has 1 atom stereocenters. The third kappa shape index (κ3) is 2.76. The van der Waals surface area contributed by atoms with E-state index >= 15 is 0 Å². The highest BCUT2D eigenvalue weighted by Crippen LogP contribution is 2.24. The van der Waals surface area contributed by atoms with Gasteiger partial charge in [0, 0.05) is 23.2 Å². The number of benzene rings is 2. The second kappa shape index (κ2) is 5.58. The monoisotopic (exact) mass is 284 g/mol.